The zero-order valence-corrected chi connectivity index (χ0v) is 21.6. The van der Waals surface area contributed by atoms with E-state index in [0.717, 1.165) is 65.2 Å². The first-order valence-corrected chi connectivity index (χ1v) is 13.6. The molecule has 2 aliphatic heterocycles. The Morgan fingerprint density at radius 1 is 1.08 bits per heavy atom. The predicted molar refractivity (Wildman–Crippen MR) is 145 cm³/mol. The van der Waals surface area contributed by atoms with E-state index in [1.54, 1.807) is 30.1 Å². The first-order chi connectivity index (χ1) is 18.7. The third-order valence-electron chi connectivity index (χ3n) is 7.19. The number of nitrogens with zero attached hydrogens (tertiary/aromatic N) is 8. The molecule has 4 aromatic heterocycles. The number of H-pyrrole nitrogens is 1. The summed E-state index contributed by atoms with van der Waals surface area (Å²) in [5.41, 5.74) is 2.90. The van der Waals surface area contributed by atoms with Gasteiger partial charge in [-0.15, -0.1) is 11.3 Å². The van der Waals surface area contributed by atoms with Gasteiger partial charge < -0.3 is 14.5 Å². The van der Waals surface area contributed by atoms with Crippen molar-refractivity contribution in [2.45, 2.75) is 6.54 Å². The molecule has 1 N–H and O–H groups in total. The Labute approximate surface area is 222 Å². The van der Waals surface area contributed by atoms with Gasteiger partial charge in [0.05, 0.1) is 35.1 Å². The topological polar surface area (TPSA) is 108 Å². The Hall–Kier alpha value is -3.87. The monoisotopic (exact) mass is 529 g/mol. The quantitative estimate of drug-likeness (QED) is 0.379. The van der Waals surface area contributed by atoms with Gasteiger partial charge in [-0.1, -0.05) is 12.1 Å². The number of anilines is 1. The van der Waals surface area contributed by atoms with Crippen LogP contribution < -0.4 is 4.90 Å². The summed E-state index contributed by atoms with van der Waals surface area (Å²) in [6.07, 6.45) is 6.72. The predicted octanol–water partition coefficient (Wildman–Crippen LogP) is 3.05. The van der Waals surface area contributed by atoms with Gasteiger partial charge in [0.1, 0.15) is 6.33 Å². The lowest BCUT2D eigenvalue weighted by molar-refractivity contribution is 0.122. The summed E-state index contributed by atoms with van der Waals surface area (Å²) < 4.78 is 8.26. The maximum absolute atomic E-state index is 12.6. The number of aromatic amines is 1. The number of piperazine rings is 1. The van der Waals surface area contributed by atoms with Crippen LogP contribution in [0.5, 0.6) is 0 Å². The average Bonchev–Trinajstić information content (AvgIpc) is 3.74. The zero-order valence-electron chi connectivity index (χ0n) is 20.8. The van der Waals surface area contributed by atoms with Gasteiger partial charge in [-0.2, -0.15) is 5.10 Å². The van der Waals surface area contributed by atoms with Crippen LogP contribution in [0.2, 0.25) is 0 Å². The van der Waals surface area contributed by atoms with Crippen LogP contribution in [-0.4, -0.2) is 98.0 Å². The van der Waals surface area contributed by atoms with Gasteiger partial charge in [-0.3, -0.25) is 14.6 Å². The second-order valence-electron chi connectivity index (χ2n) is 9.55. The zero-order chi connectivity index (χ0) is 25.5. The number of nitrogens with one attached hydrogen (secondary N) is 1. The molecular weight excluding hydrogens is 502 g/mol. The van der Waals surface area contributed by atoms with Gasteiger partial charge >= 0.3 is 6.03 Å². The first kappa shape index (κ1) is 23.3. The lowest BCUT2D eigenvalue weighted by Gasteiger charge is -2.34. The molecule has 2 saturated heterocycles. The summed E-state index contributed by atoms with van der Waals surface area (Å²) in [5.74, 6) is 1.68. The Kier molecular flexibility index (Phi) is 5.99. The number of hydrogen-bond acceptors (Lipinski definition) is 9. The number of amides is 1. The van der Waals surface area contributed by atoms with E-state index in [0.29, 0.717) is 32.1 Å². The van der Waals surface area contributed by atoms with Gasteiger partial charge in [0.2, 0.25) is 0 Å². The second-order valence-corrected chi connectivity index (χ2v) is 10.7. The maximum atomic E-state index is 12.6. The second kappa shape index (κ2) is 9.78. The number of morpholine rings is 1. The highest BCUT2D eigenvalue weighted by atomic mass is 32.1. The molecule has 1 aromatic carbocycles. The van der Waals surface area contributed by atoms with Crippen LogP contribution in [0.25, 0.3) is 32.5 Å². The molecule has 0 unspecified atom stereocenters. The van der Waals surface area contributed by atoms with Crippen molar-refractivity contribution in [3.8, 4) is 11.4 Å². The lowest BCUT2D eigenvalue weighted by atomic mass is 10.1. The number of carbonyl (C=O) groups excluding carboxylic acids is 1. The SMILES string of the molecule is O=C(N1CCN(Cc2cc3nc(-c4cccc5[nH]ncc45)nc(N4CCOCC4)c3s2)CC1)n1ccnc1. The number of carbonyl (C=O) groups is 1. The van der Waals surface area contributed by atoms with Crippen molar-refractivity contribution in [3.63, 3.8) is 0 Å². The molecule has 2 fully saturated rings. The summed E-state index contributed by atoms with van der Waals surface area (Å²) in [6.45, 7) is 6.86. The van der Waals surface area contributed by atoms with Crippen LogP contribution in [0.4, 0.5) is 10.6 Å². The first-order valence-electron chi connectivity index (χ1n) is 12.8. The number of fused-ring (bicyclic) bond motifs is 2. The molecule has 0 saturated carbocycles. The molecular formula is C26H27N9O2S. The highest BCUT2D eigenvalue weighted by molar-refractivity contribution is 7.19. The van der Waals surface area contributed by atoms with E-state index in [1.165, 1.54) is 9.44 Å². The smallest absolute Gasteiger partial charge is 0.329 e. The molecule has 12 heteroatoms. The fourth-order valence-corrected chi connectivity index (χ4v) is 6.32. The van der Waals surface area contributed by atoms with Gasteiger partial charge in [0, 0.05) is 74.0 Å². The highest BCUT2D eigenvalue weighted by Gasteiger charge is 2.24. The Morgan fingerprint density at radius 2 is 1.95 bits per heavy atom. The van der Waals surface area contributed by atoms with Gasteiger partial charge in [0.15, 0.2) is 11.6 Å². The average molecular weight is 530 g/mol. The number of hydrogen-bond donors (Lipinski definition) is 1. The van der Waals surface area contributed by atoms with Crippen LogP contribution in [0, 0.1) is 0 Å². The minimum atomic E-state index is -0.0189. The van der Waals surface area contributed by atoms with E-state index in [-0.39, 0.29) is 6.03 Å². The fraction of sp³-hybridized carbons (Fsp3) is 0.346. The van der Waals surface area contributed by atoms with Crippen LogP contribution in [0.15, 0.2) is 49.2 Å². The summed E-state index contributed by atoms with van der Waals surface area (Å²) in [5, 5.41) is 8.28. The normalized spacial score (nSPS) is 17.1. The molecule has 0 spiro atoms. The molecule has 0 atom stereocenters. The number of benzene rings is 1. The third kappa shape index (κ3) is 4.30. The van der Waals surface area contributed by atoms with E-state index in [1.807, 2.05) is 23.2 Å². The van der Waals surface area contributed by atoms with Crippen molar-refractivity contribution in [2.24, 2.45) is 0 Å². The molecule has 6 heterocycles. The molecule has 2 aliphatic rings. The number of rotatable bonds is 4. The summed E-state index contributed by atoms with van der Waals surface area (Å²) in [4.78, 5) is 34.6. The molecule has 194 valence electrons. The van der Waals surface area contributed by atoms with Crippen LogP contribution >= 0.6 is 11.3 Å². The van der Waals surface area contributed by atoms with Crippen LogP contribution in [0.1, 0.15) is 4.88 Å². The molecule has 38 heavy (non-hydrogen) atoms. The number of ether oxygens (including phenoxy) is 1. The minimum absolute atomic E-state index is 0.0189. The molecule has 5 aromatic rings. The highest BCUT2D eigenvalue weighted by Crippen LogP contribution is 2.36. The van der Waals surface area contributed by atoms with Gasteiger partial charge in [0.25, 0.3) is 0 Å². The number of aromatic nitrogens is 6. The van der Waals surface area contributed by atoms with E-state index >= 15 is 0 Å². The molecule has 1 amide bonds. The number of thiophene rings is 1. The largest absolute Gasteiger partial charge is 0.378 e. The molecule has 0 radical (unpaired) electrons. The van der Waals surface area contributed by atoms with Crippen molar-refractivity contribution in [1.82, 2.24) is 39.5 Å². The third-order valence-corrected chi connectivity index (χ3v) is 8.29. The minimum Gasteiger partial charge on any atom is -0.378 e. The summed E-state index contributed by atoms with van der Waals surface area (Å²) in [6, 6.07) is 8.26. The van der Waals surface area contributed by atoms with E-state index in [9.17, 15) is 4.79 Å². The van der Waals surface area contributed by atoms with Gasteiger partial charge in [-0.25, -0.2) is 19.7 Å². The molecule has 7 rings (SSSR count). The van der Waals surface area contributed by atoms with Crippen LogP contribution in [-0.2, 0) is 11.3 Å². The van der Waals surface area contributed by atoms with Crippen molar-refractivity contribution in [3.05, 3.63) is 54.1 Å². The summed E-state index contributed by atoms with van der Waals surface area (Å²) in [7, 11) is 0. The lowest BCUT2D eigenvalue weighted by Crippen LogP contribution is -2.49. The van der Waals surface area contributed by atoms with Crippen molar-refractivity contribution in [2.75, 3.05) is 57.4 Å². The van der Waals surface area contributed by atoms with E-state index in [4.69, 9.17) is 14.7 Å². The number of imidazole rings is 1. The molecule has 0 bridgehead atoms. The molecule has 0 aliphatic carbocycles. The molecule has 11 nitrogen and oxygen atoms in total. The van der Waals surface area contributed by atoms with Crippen molar-refractivity contribution in [1.29, 1.82) is 0 Å². The van der Waals surface area contributed by atoms with Gasteiger partial charge in [-0.05, 0) is 12.1 Å². The Bertz CT molecular complexity index is 1580. The Balaban J connectivity index is 1.17. The van der Waals surface area contributed by atoms with Crippen molar-refractivity contribution < 1.29 is 9.53 Å². The Morgan fingerprint density at radius 3 is 2.76 bits per heavy atom. The van der Waals surface area contributed by atoms with E-state index in [2.05, 4.69) is 37.1 Å². The van der Waals surface area contributed by atoms with E-state index < -0.39 is 0 Å². The standard InChI is InChI=1S/C26H27N9O2S/c36-26(35-5-4-27-17-35)34-8-6-32(7-9-34)16-18-14-22-23(38-18)25(33-10-12-37-13-11-33)30-24(29-22)19-2-1-3-21-20(19)15-28-31-21/h1-5,14-15,17H,6-13,16H2,(H,28,31). The summed E-state index contributed by atoms with van der Waals surface area (Å²) >= 11 is 1.76. The maximum Gasteiger partial charge on any atom is 0.329 e. The van der Waals surface area contributed by atoms with Crippen molar-refractivity contribution >= 4 is 44.3 Å². The fourth-order valence-electron chi connectivity index (χ4n) is 5.17. The van der Waals surface area contributed by atoms with Crippen LogP contribution in [0.3, 0.4) is 0 Å².